The van der Waals surface area contributed by atoms with E-state index in [0.717, 1.165) is 18.4 Å². The zero-order valence-corrected chi connectivity index (χ0v) is 11.8. The molecule has 1 aliphatic heterocycles. The molecule has 1 aliphatic carbocycles. The maximum Gasteiger partial charge on any atom is 0.306 e. The third-order valence-electron chi connectivity index (χ3n) is 4.42. The molecule has 0 aromatic heterocycles. The van der Waals surface area contributed by atoms with Gasteiger partial charge in [-0.15, -0.1) is 0 Å². The van der Waals surface area contributed by atoms with Crippen LogP contribution in [0.15, 0.2) is 0 Å². The molecule has 2 rings (SSSR count). The molecule has 2 unspecified atom stereocenters. The molecule has 1 N–H and O–H groups in total. The van der Waals surface area contributed by atoms with Crippen molar-refractivity contribution in [2.75, 3.05) is 33.2 Å². The lowest BCUT2D eigenvalue weighted by atomic mass is 9.97. The van der Waals surface area contributed by atoms with Crippen LogP contribution >= 0.6 is 0 Å². The van der Waals surface area contributed by atoms with Gasteiger partial charge in [0.15, 0.2) is 0 Å². The van der Waals surface area contributed by atoms with Gasteiger partial charge in [0.05, 0.1) is 12.5 Å². The molecule has 0 radical (unpaired) electrons. The maximum atomic E-state index is 12.1. The van der Waals surface area contributed by atoms with Gasteiger partial charge in [-0.1, -0.05) is 6.92 Å². The van der Waals surface area contributed by atoms with Gasteiger partial charge >= 0.3 is 5.97 Å². The van der Waals surface area contributed by atoms with E-state index in [0.29, 0.717) is 32.5 Å². The van der Waals surface area contributed by atoms with Gasteiger partial charge in [-0.2, -0.15) is 0 Å². The largest absolute Gasteiger partial charge is 0.481 e. The molecular formula is C14H24N2O3. The Bertz CT molecular complexity index is 351. The summed E-state index contributed by atoms with van der Waals surface area (Å²) in [5.74, 6) is 0.708. The molecule has 1 saturated carbocycles. The summed E-state index contributed by atoms with van der Waals surface area (Å²) in [6.45, 7) is 4.88. The van der Waals surface area contributed by atoms with Gasteiger partial charge in [-0.3, -0.25) is 14.5 Å². The highest BCUT2D eigenvalue weighted by Crippen LogP contribution is 2.37. The average molecular weight is 268 g/mol. The van der Waals surface area contributed by atoms with E-state index in [1.165, 1.54) is 6.42 Å². The third kappa shape index (κ3) is 3.93. The molecule has 0 aromatic rings. The number of piperidine rings is 1. The van der Waals surface area contributed by atoms with Gasteiger partial charge < -0.3 is 10.0 Å². The van der Waals surface area contributed by atoms with Crippen LogP contribution in [0.25, 0.3) is 0 Å². The van der Waals surface area contributed by atoms with Crippen LogP contribution in [0.4, 0.5) is 0 Å². The molecule has 19 heavy (non-hydrogen) atoms. The van der Waals surface area contributed by atoms with Crippen LogP contribution in [0, 0.1) is 17.8 Å². The molecule has 5 nitrogen and oxygen atoms in total. The van der Waals surface area contributed by atoms with Gasteiger partial charge in [0.2, 0.25) is 5.91 Å². The fourth-order valence-electron chi connectivity index (χ4n) is 2.83. The van der Waals surface area contributed by atoms with Crippen molar-refractivity contribution in [2.24, 2.45) is 17.8 Å². The van der Waals surface area contributed by atoms with Crippen LogP contribution in [0.2, 0.25) is 0 Å². The lowest BCUT2D eigenvalue weighted by Crippen LogP contribution is -2.44. The van der Waals surface area contributed by atoms with Crippen molar-refractivity contribution in [1.29, 1.82) is 0 Å². The van der Waals surface area contributed by atoms with E-state index in [2.05, 4.69) is 11.8 Å². The minimum atomic E-state index is -0.730. The van der Waals surface area contributed by atoms with E-state index < -0.39 is 5.97 Å². The molecule has 1 heterocycles. The summed E-state index contributed by atoms with van der Waals surface area (Å²) in [5, 5.41) is 8.93. The van der Waals surface area contributed by atoms with Crippen LogP contribution in [-0.2, 0) is 9.59 Å². The number of carboxylic acids is 1. The Balaban J connectivity index is 1.70. The van der Waals surface area contributed by atoms with Crippen molar-refractivity contribution in [2.45, 2.75) is 26.2 Å². The minimum Gasteiger partial charge on any atom is -0.481 e. The Morgan fingerprint density at radius 1 is 1.32 bits per heavy atom. The van der Waals surface area contributed by atoms with Gasteiger partial charge in [-0.25, -0.2) is 0 Å². The minimum absolute atomic E-state index is 0.139. The molecule has 0 spiro atoms. The zero-order valence-electron chi connectivity index (χ0n) is 11.8. The molecule has 1 saturated heterocycles. The SMILES string of the molecule is CC1CC1CN(C)CC(=O)N1CCC(C(=O)O)CC1. The van der Waals surface area contributed by atoms with Crippen LogP contribution < -0.4 is 0 Å². The topological polar surface area (TPSA) is 60.9 Å². The number of likely N-dealkylation sites (N-methyl/N-ethyl adjacent to an activating group) is 1. The van der Waals surface area contributed by atoms with Crippen molar-refractivity contribution in [3.63, 3.8) is 0 Å². The standard InChI is InChI=1S/C14H24N2O3/c1-10-7-12(10)8-15(2)9-13(17)16-5-3-11(4-6-16)14(18)19/h10-12H,3-9H2,1-2H3,(H,18,19). The number of hydrogen-bond acceptors (Lipinski definition) is 3. The van der Waals surface area contributed by atoms with Crippen LogP contribution in [0.5, 0.6) is 0 Å². The predicted octanol–water partition coefficient (Wildman–Crippen LogP) is 0.897. The number of rotatable bonds is 5. The summed E-state index contributed by atoms with van der Waals surface area (Å²) in [7, 11) is 1.99. The number of likely N-dealkylation sites (tertiary alicyclic amines) is 1. The Labute approximate surface area is 114 Å². The third-order valence-corrected chi connectivity index (χ3v) is 4.42. The number of carbonyl (C=O) groups is 2. The quantitative estimate of drug-likeness (QED) is 0.804. The fourth-order valence-corrected chi connectivity index (χ4v) is 2.83. The van der Waals surface area contributed by atoms with E-state index >= 15 is 0 Å². The number of hydrogen-bond donors (Lipinski definition) is 1. The smallest absolute Gasteiger partial charge is 0.306 e. The second kappa shape index (κ2) is 5.90. The Hall–Kier alpha value is -1.10. The summed E-state index contributed by atoms with van der Waals surface area (Å²) < 4.78 is 0. The molecule has 5 heteroatoms. The number of nitrogens with zero attached hydrogens (tertiary/aromatic N) is 2. The first-order chi connectivity index (χ1) is 8.97. The summed E-state index contributed by atoms with van der Waals surface area (Å²) >= 11 is 0. The lowest BCUT2D eigenvalue weighted by Gasteiger charge is -2.31. The Morgan fingerprint density at radius 3 is 2.37 bits per heavy atom. The van der Waals surface area contributed by atoms with Gasteiger partial charge in [0.25, 0.3) is 0 Å². The van der Waals surface area contributed by atoms with Crippen molar-refractivity contribution in [3.8, 4) is 0 Å². The first kappa shape index (κ1) is 14.3. The molecular weight excluding hydrogens is 244 g/mol. The summed E-state index contributed by atoms with van der Waals surface area (Å²) in [6, 6.07) is 0. The first-order valence-electron chi connectivity index (χ1n) is 7.16. The van der Waals surface area contributed by atoms with Gasteiger partial charge in [0, 0.05) is 19.6 Å². The predicted molar refractivity (Wildman–Crippen MR) is 71.7 cm³/mol. The summed E-state index contributed by atoms with van der Waals surface area (Å²) in [5.41, 5.74) is 0. The number of aliphatic carboxylic acids is 1. The van der Waals surface area contributed by atoms with E-state index in [4.69, 9.17) is 5.11 Å². The van der Waals surface area contributed by atoms with E-state index in [-0.39, 0.29) is 11.8 Å². The molecule has 0 bridgehead atoms. The lowest BCUT2D eigenvalue weighted by molar-refractivity contribution is -0.145. The molecule has 2 atom stereocenters. The van der Waals surface area contributed by atoms with Gasteiger partial charge in [0.1, 0.15) is 0 Å². The Morgan fingerprint density at radius 2 is 1.89 bits per heavy atom. The molecule has 2 aliphatic rings. The highest BCUT2D eigenvalue weighted by Gasteiger charge is 2.34. The monoisotopic (exact) mass is 268 g/mol. The highest BCUT2D eigenvalue weighted by molar-refractivity contribution is 5.78. The summed E-state index contributed by atoms with van der Waals surface area (Å²) in [4.78, 5) is 26.9. The van der Waals surface area contributed by atoms with Gasteiger partial charge in [-0.05, 0) is 38.1 Å². The second-order valence-electron chi connectivity index (χ2n) is 6.16. The van der Waals surface area contributed by atoms with Crippen LogP contribution in [0.1, 0.15) is 26.2 Å². The van der Waals surface area contributed by atoms with E-state index in [1.54, 1.807) is 0 Å². The normalized spacial score (nSPS) is 27.6. The van der Waals surface area contributed by atoms with Crippen molar-refractivity contribution in [3.05, 3.63) is 0 Å². The average Bonchev–Trinajstić information content (AvgIpc) is 3.04. The second-order valence-corrected chi connectivity index (χ2v) is 6.16. The van der Waals surface area contributed by atoms with Crippen LogP contribution in [-0.4, -0.2) is 60.0 Å². The summed E-state index contributed by atoms with van der Waals surface area (Å²) in [6.07, 6.45) is 2.46. The van der Waals surface area contributed by atoms with E-state index in [9.17, 15) is 9.59 Å². The van der Waals surface area contributed by atoms with Crippen LogP contribution in [0.3, 0.4) is 0 Å². The number of carbonyl (C=O) groups excluding carboxylic acids is 1. The number of amides is 1. The highest BCUT2D eigenvalue weighted by atomic mass is 16.4. The molecule has 1 amide bonds. The zero-order chi connectivity index (χ0) is 14.0. The molecule has 2 fully saturated rings. The molecule has 0 aromatic carbocycles. The van der Waals surface area contributed by atoms with Crippen molar-refractivity contribution >= 4 is 11.9 Å². The van der Waals surface area contributed by atoms with Crippen molar-refractivity contribution < 1.29 is 14.7 Å². The first-order valence-corrected chi connectivity index (χ1v) is 7.16. The van der Waals surface area contributed by atoms with Crippen molar-refractivity contribution in [1.82, 2.24) is 9.80 Å². The molecule has 108 valence electrons. The number of carboxylic acid groups (broad SMARTS) is 1. The maximum absolute atomic E-state index is 12.1. The Kier molecular flexibility index (Phi) is 4.45. The van der Waals surface area contributed by atoms with E-state index in [1.807, 2.05) is 11.9 Å². The fraction of sp³-hybridized carbons (Fsp3) is 0.857.